The number of para-hydroxylation sites is 1. The molecule has 0 spiro atoms. The van der Waals surface area contributed by atoms with Crippen LogP contribution < -0.4 is 5.73 Å². The maximum Gasteiger partial charge on any atom is 0.177 e. The Labute approximate surface area is 98.7 Å². The van der Waals surface area contributed by atoms with E-state index >= 15 is 0 Å². The molecular weight excluding hydrogens is 212 g/mol. The molecular formula is C13H12N4. The average Bonchev–Trinajstić information content (AvgIpc) is 2.76. The van der Waals surface area contributed by atoms with E-state index in [1.165, 1.54) is 0 Å². The first kappa shape index (κ1) is 9.84. The zero-order valence-corrected chi connectivity index (χ0v) is 9.46. The van der Waals surface area contributed by atoms with Crippen LogP contribution in [-0.2, 0) is 0 Å². The van der Waals surface area contributed by atoms with Gasteiger partial charge in [0.2, 0.25) is 0 Å². The minimum Gasteiger partial charge on any atom is -0.396 e. The summed E-state index contributed by atoms with van der Waals surface area (Å²) in [5.74, 6) is 0.686. The van der Waals surface area contributed by atoms with Crippen molar-refractivity contribution >= 4 is 16.6 Å². The standard InChI is InChI=1S/C13H12N4/c1-9-6-7-11(14)13(16-9)17-12-5-3-2-4-10(12)8-15-17/h2-8H,14H2,1H3. The summed E-state index contributed by atoms with van der Waals surface area (Å²) in [6.07, 6.45) is 1.82. The van der Waals surface area contributed by atoms with E-state index in [0.29, 0.717) is 11.5 Å². The predicted molar refractivity (Wildman–Crippen MR) is 68.0 cm³/mol. The number of nitrogens with zero attached hydrogens (tertiary/aromatic N) is 3. The van der Waals surface area contributed by atoms with Crippen molar-refractivity contribution in [1.82, 2.24) is 14.8 Å². The molecule has 0 aliphatic rings. The molecule has 0 saturated carbocycles. The van der Waals surface area contributed by atoms with Gasteiger partial charge < -0.3 is 5.73 Å². The van der Waals surface area contributed by atoms with E-state index in [1.807, 2.05) is 49.5 Å². The molecule has 0 fully saturated rings. The van der Waals surface area contributed by atoms with E-state index in [9.17, 15) is 0 Å². The highest BCUT2D eigenvalue weighted by atomic mass is 15.3. The second kappa shape index (κ2) is 3.59. The third-order valence-electron chi connectivity index (χ3n) is 2.72. The van der Waals surface area contributed by atoms with E-state index in [2.05, 4.69) is 10.1 Å². The van der Waals surface area contributed by atoms with Gasteiger partial charge in [-0.25, -0.2) is 9.67 Å². The monoisotopic (exact) mass is 224 g/mol. The van der Waals surface area contributed by atoms with Crippen LogP contribution in [-0.4, -0.2) is 14.8 Å². The molecule has 0 amide bonds. The second-order valence-corrected chi connectivity index (χ2v) is 3.98. The zero-order chi connectivity index (χ0) is 11.8. The average molecular weight is 224 g/mol. The topological polar surface area (TPSA) is 56.7 Å². The Morgan fingerprint density at radius 1 is 1.12 bits per heavy atom. The van der Waals surface area contributed by atoms with E-state index < -0.39 is 0 Å². The Morgan fingerprint density at radius 3 is 2.82 bits per heavy atom. The maximum atomic E-state index is 5.95. The highest BCUT2D eigenvalue weighted by molar-refractivity contribution is 5.80. The lowest BCUT2D eigenvalue weighted by molar-refractivity contribution is 0.870. The Morgan fingerprint density at radius 2 is 1.94 bits per heavy atom. The minimum absolute atomic E-state index is 0.629. The van der Waals surface area contributed by atoms with Crippen LogP contribution in [0.15, 0.2) is 42.6 Å². The van der Waals surface area contributed by atoms with Crippen LogP contribution in [0.2, 0.25) is 0 Å². The molecule has 2 N–H and O–H groups in total. The summed E-state index contributed by atoms with van der Waals surface area (Å²) in [5, 5.41) is 5.42. The van der Waals surface area contributed by atoms with Crippen LogP contribution in [0.5, 0.6) is 0 Å². The van der Waals surface area contributed by atoms with Crippen molar-refractivity contribution in [3.63, 3.8) is 0 Å². The minimum atomic E-state index is 0.629. The molecule has 1 aromatic carbocycles. The number of pyridine rings is 1. The molecule has 4 heteroatoms. The Bertz CT molecular complexity index is 685. The Balaban J connectivity index is 2.31. The molecule has 0 aliphatic heterocycles. The van der Waals surface area contributed by atoms with Crippen molar-refractivity contribution in [2.75, 3.05) is 5.73 Å². The van der Waals surface area contributed by atoms with Gasteiger partial charge in [0.15, 0.2) is 5.82 Å². The van der Waals surface area contributed by atoms with Crippen molar-refractivity contribution < 1.29 is 0 Å². The number of aryl methyl sites for hydroxylation is 1. The van der Waals surface area contributed by atoms with Crippen LogP contribution in [0.1, 0.15) is 5.69 Å². The molecule has 2 aromatic heterocycles. The molecule has 2 heterocycles. The van der Waals surface area contributed by atoms with Gasteiger partial charge >= 0.3 is 0 Å². The SMILES string of the molecule is Cc1ccc(N)c(-n2ncc3ccccc32)n1. The summed E-state index contributed by atoms with van der Waals surface area (Å²) < 4.78 is 1.78. The molecule has 3 aromatic rings. The van der Waals surface area contributed by atoms with Crippen LogP contribution in [0, 0.1) is 6.92 Å². The zero-order valence-electron chi connectivity index (χ0n) is 9.46. The molecule has 0 atom stereocenters. The number of fused-ring (bicyclic) bond motifs is 1. The fraction of sp³-hybridized carbons (Fsp3) is 0.0769. The number of benzene rings is 1. The normalized spacial score (nSPS) is 10.9. The van der Waals surface area contributed by atoms with E-state index in [1.54, 1.807) is 4.68 Å². The fourth-order valence-electron chi connectivity index (χ4n) is 1.86. The molecule has 17 heavy (non-hydrogen) atoms. The number of rotatable bonds is 1. The van der Waals surface area contributed by atoms with E-state index in [-0.39, 0.29) is 0 Å². The third-order valence-corrected chi connectivity index (χ3v) is 2.72. The first-order valence-electron chi connectivity index (χ1n) is 5.42. The largest absolute Gasteiger partial charge is 0.396 e. The van der Waals surface area contributed by atoms with Crippen molar-refractivity contribution in [3.05, 3.63) is 48.3 Å². The summed E-state index contributed by atoms with van der Waals surface area (Å²) in [4.78, 5) is 4.44. The van der Waals surface area contributed by atoms with E-state index in [0.717, 1.165) is 16.6 Å². The van der Waals surface area contributed by atoms with Gasteiger partial charge in [-0.15, -0.1) is 0 Å². The highest BCUT2D eigenvalue weighted by Crippen LogP contribution is 2.20. The summed E-state index contributed by atoms with van der Waals surface area (Å²) in [7, 11) is 0. The van der Waals surface area contributed by atoms with Gasteiger partial charge in [0.05, 0.1) is 17.4 Å². The molecule has 0 radical (unpaired) electrons. The van der Waals surface area contributed by atoms with E-state index in [4.69, 9.17) is 5.73 Å². The summed E-state index contributed by atoms with van der Waals surface area (Å²) in [6.45, 7) is 1.94. The van der Waals surface area contributed by atoms with Gasteiger partial charge in [-0.05, 0) is 25.1 Å². The smallest absolute Gasteiger partial charge is 0.177 e. The molecule has 0 aliphatic carbocycles. The second-order valence-electron chi connectivity index (χ2n) is 3.98. The highest BCUT2D eigenvalue weighted by Gasteiger charge is 2.08. The van der Waals surface area contributed by atoms with Crippen molar-refractivity contribution in [1.29, 1.82) is 0 Å². The van der Waals surface area contributed by atoms with Gasteiger partial charge in [0.1, 0.15) is 0 Å². The quantitative estimate of drug-likeness (QED) is 0.690. The summed E-state index contributed by atoms with van der Waals surface area (Å²) >= 11 is 0. The first-order chi connectivity index (χ1) is 8.25. The van der Waals surface area contributed by atoms with Crippen LogP contribution in [0.3, 0.4) is 0 Å². The number of anilines is 1. The van der Waals surface area contributed by atoms with Crippen LogP contribution >= 0.6 is 0 Å². The van der Waals surface area contributed by atoms with Crippen molar-refractivity contribution in [3.8, 4) is 5.82 Å². The summed E-state index contributed by atoms with van der Waals surface area (Å²) in [5.41, 5.74) is 8.51. The van der Waals surface area contributed by atoms with Gasteiger partial charge in [-0.3, -0.25) is 0 Å². The van der Waals surface area contributed by atoms with Crippen molar-refractivity contribution in [2.45, 2.75) is 6.92 Å². The third kappa shape index (κ3) is 1.54. The maximum absolute atomic E-state index is 5.95. The Kier molecular flexibility index (Phi) is 2.08. The lowest BCUT2D eigenvalue weighted by Crippen LogP contribution is -2.04. The number of nitrogens with two attached hydrogens (primary N) is 1. The number of hydrogen-bond donors (Lipinski definition) is 1. The Hall–Kier alpha value is -2.36. The van der Waals surface area contributed by atoms with Gasteiger partial charge in [-0.2, -0.15) is 5.10 Å². The van der Waals surface area contributed by atoms with Gasteiger partial charge in [0.25, 0.3) is 0 Å². The summed E-state index contributed by atoms with van der Waals surface area (Å²) in [6, 6.07) is 11.7. The molecule has 4 nitrogen and oxygen atoms in total. The number of aromatic nitrogens is 3. The molecule has 0 bridgehead atoms. The lowest BCUT2D eigenvalue weighted by atomic mass is 10.2. The van der Waals surface area contributed by atoms with Gasteiger partial charge in [0, 0.05) is 11.1 Å². The fourth-order valence-corrected chi connectivity index (χ4v) is 1.86. The predicted octanol–water partition coefficient (Wildman–Crippen LogP) is 2.31. The van der Waals surface area contributed by atoms with Crippen LogP contribution in [0.25, 0.3) is 16.7 Å². The number of nitrogen functional groups attached to an aromatic ring is 1. The van der Waals surface area contributed by atoms with Gasteiger partial charge in [-0.1, -0.05) is 18.2 Å². The first-order valence-corrected chi connectivity index (χ1v) is 5.42. The molecule has 0 saturated heterocycles. The molecule has 84 valence electrons. The number of hydrogen-bond acceptors (Lipinski definition) is 3. The van der Waals surface area contributed by atoms with Crippen molar-refractivity contribution in [2.24, 2.45) is 0 Å². The molecule has 3 rings (SSSR count). The van der Waals surface area contributed by atoms with Crippen LogP contribution in [0.4, 0.5) is 5.69 Å². The molecule has 0 unspecified atom stereocenters. The lowest BCUT2D eigenvalue weighted by Gasteiger charge is -2.06.